The van der Waals surface area contributed by atoms with E-state index in [1.165, 1.54) is 36.0 Å². The van der Waals surface area contributed by atoms with Gasteiger partial charge in [-0.15, -0.1) is 0 Å². The molecular formula is C17H20N2O7S. The Morgan fingerprint density at radius 3 is 2.63 bits per heavy atom. The third-order valence-electron chi connectivity index (χ3n) is 4.02. The van der Waals surface area contributed by atoms with Crippen LogP contribution in [0, 0.1) is 10.1 Å². The minimum Gasteiger partial charge on any atom is -0.457 e. The Labute approximate surface area is 159 Å². The topological polar surface area (TPSA) is 127 Å². The van der Waals surface area contributed by atoms with Crippen molar-refractivity contribution in [3.63, 3.8) is 0 Å². The highest BCUT2D eigenvalue weighted by molar-refractivity contribution is 7.99. The number of likely N-dealkylation sites (tertiary alicyclic amines) is 1. The van der Waals surface area contributed by atoms with E-state index in [1.54, 1.807) is 0 Å². The lowest BCUT2D eigenvalue weighted by Crippen LogP contribution is -2.60. The van der Waals surface area contributed by atoms with E-state index in [2.05, 4.69) is 0 Å². The molecule has 2 atom stereocenters. The molecule has 1 aromatic carbocycles. The number of β-lactam (4-membered cyclic amide) rings is 1. The molecule has 0 saturated carbocycles. The van der Waals surface area contributed by atoms with Gasteiger partial charge < -0.3 is 14.7 Å². The second-order valence-corrected chi connectivity index (χ2v) is 7.22. The summed E-state index contributed by atoms with van der Waals surface area (Å²) in [6.45, 7) is 1.73. The van der Waals surface area contributed by atoms with Gasteiger partial charge in [-0.1, -0.05) is 6.92 Å². The van der Waals surface area contributed by atoms with Gasteiger partial charge in [-0.2, -0.15) is 11.8 Å². The van der Waals surface area contributed by atoms with Crippen molar-refractivity contribution < 1.29 is 29.2 Å². The van der Waals surface area contributed by atoms with Crippen LogP contribution >= 0.6 is 11.8 Å². The molecule has 146 valence electrons. The summed E-state index contributed by atoms with van der Waals surface area (Å²) in [5, 5.41) is 20.7. The van der Waals surface area contributed by atoms with Crippen LogP contribution in [0.2, 0.25) is 0 Å². The number of non-ortho nitro benzene ring substituents is 1. The summed E-state index contributed by atoms with van der Waals surface area (Å²) in [7, 11) is 0. The maximum atomic E-state index is 12.0. The highest BCUT2D eigenvalue weighted by atomic mass is 32.2. The molecule has 9 nitrogen and oxygen atoms in total. The van der Waals surface area contributed by atoms with Gasteiger partial charge in [-0.3, -0.25) is 19.7 Å². The number of carbonyl (C=O) groups excluding carboxylic acids is 3. The molecule has 0 radical (unpaired) electrons. The van der Waals surface area contributed by atoms with Gasteiger partial charge in [0.15, 0.2) is 0 Å². The van der Waals surface area contributed by atoms with Crippen molar-refractivity contribution >= 4 is 35.1 Å². The molecule has 10 heteroatoms. The molecule has 0 aromatic heterocycles. The van der Waals surface area contributed by atoms with Gasteiger partial charge in [-0.25, -0.2) is 4.79 Å². The van der Waals surface area contributed by atoms with Crippen molar-refractivity contribution in [1.82, 2.24) is 4.90 Å². The smallest absolute Gasteiger partial charge is 0.356 e. The van der Waals surface area contributed by atoms with Gasteiger partial charge in [0.25, 0.3) is 5.69 Å². The Morgan fingerprint density at radius 1 is 1.41 bits per heavy atom. The van der Waals surface area contributed by atoms with Crippen LogP contribution in [0.15, 0.2) is 24.3 Å². The third-order valence-corrected chi connectivity index (χ3v) is 4.96. The molecule has 1 fully saturated rings. The van der Waals surface area contributed by atoms with Crippen LogP contribution < -0.4 is 0 Å². The van der Waals surface area contributed by atoms with Gasteiger partial charge in [0.1, 0.15) is 12.4 Å². The number of benzene rings is 1. The minimum atomic E-state index is -1.78. The number of nitro groups is 1. The Morgan fingerprint density at radius 2 is 2.07 bits per heavy atom. The number of ether oxygens (including phenoxy) is 1. The average molecular weight is 396 g/mol. The minimum absolute atomic E-state index is 0.0456. The molecule has 2 unspecified atom stereocenters. The van der Waals surface area contributed by atoms with Crippen molar-refractivity contribution in [3.05, 3.63) is 39.9 Å². The number of carbonyl (C=O) groups is 3. The molecule has 0 bridgehead atoms. The second-order valence-electron chi connectivity index (χ2n) is 5.94. The van der Waals surface area contributed by atoms with E-state index in [0.29, 0.717) is 11.3 Å². The predicted molar refractivity (Wildman–Crippen MR) is 96.8 cm³/mol. The lowest BCUT2D eigenvalue weighted by atomic mass is 9.96. The zero-order valence-corrected chi connectivity index (χ0v) is 15.5. The molecule has 2 rings (SSSR count). The van der Waals surface area contributed by atoms with E-state index in [1.807, 2.05) is 6.92 Å². The first-order valence-corrected chi connectivity index (χ1v) is 9.47. The monoisotopic (exact) mass is 396 g/mol. The Kier molecular flexibility index (Phi) is 7.31. The number of esters is 1. The molecule has 1 aromatic rings. The van der Waals surface area contributed by atoms with Gasteiger partial charge in [0.2, 0.25) is 12.1 Å². The third kappa shape index (κ3) is 5.51. The zero-order chi connectivity index (χ0) is 20.0. The Bertz CT molecular complexity index is 722. The fraction of sp³-hybridized carbons (Fsp3) is 0.471. The van der Waals surface area contributed by atoms with E-state index in [-0.39, 0.29) is 30.9 Å². The maximum absolute atomic E-state index is 12.0. The van der Waals surface area contributed by atoms with E-state index in [0.717, 1.165) is 10.7 Å². The molecule has 1 heterocycles. The number of hydrogen-bond acceptors (Lipinski definition) is 8. The fourth-order valence-corrected chi connectivity index (χ4v) is 3.15. The van der Waals surface area contributed by atoms with E-state index >= 15 is 0 Å². The van der Waals surface area contributed by atoms with Gasteiger partial charge in [-0.05, 0) is 23.4 Å². The van der Waals surface area contributed by atoms with Crippen molar-refractivity contribution in [2.24, 2.45) is 0 Å². The lowest BCUT2D eigenvalue weighted by molar-refractivity contribution is -0.384. The lowest BCUT2D eigenvalue weighted by Gasteiger charge is -2.42. The van der Waals surface area contributed by atoms with Crippen molar-refractivity contribution in [2.75, 3.05) is 11.5 Å². The highest BCUT2D eigenvalue weighted by Gasteiger charge is 2.44. The number of aliphatic hydroxyl groups is 1. The first-order chi connectivity index (χ1) is 12.8. The van der Waals surface area contributed by atoms with Crippen molar-refractivity contribution in [3.8, 4) is 0 Å². The largest absolute Gasteiger partial charge is 0.457 e. The summed E-state index contributed by atoms with van der Waals surface area (Å²) in [6.07, 6.45) is -1.58. The number of rotatable bonds is 10. The maximum Gasteiger partial charge on any atom is 0.356 e. The first kappa shape index (κ1) is 20.8. The SMILES string of the molecule is CCSCC(=O)CC1CC(=O)N1C(O)C(=O)OCc1ccc([N+](=O)[O-])cc1. The number of aliphatic hydroxyl groups excluding tert-OH is 1. The van der Waals surface area contributed by atoms with Gasteiger partial charge >= 0.3 is 5.97 Å². The molecular weight excluding hydrogens is 376 g/mol. The quantitative estimate of drug-likeness (QED) is 0.271. The molecule has 1 aliphatic heterocycles. The van der Waals surface area contributed by atoms with Crippen LogP contribution in [-0.2, 0) is 25.7 Å². The molecule has 27 heavy (non-hydrogen) atoms. The summed E-state index contributed by atoms with van der Waals surface area (Å²) in [4.78, 5) is 46.6. The number of nitrogens with zero attached hydrogens (tertiary/aromatic N) is 2. The fourth-order valence-electron chi connectivity index (χ4n) is 2.60. The molecule has 0 aliphatic carbocycles. The number of nitro benzene ring substituents is 1. The summed E-state index contributed by atoms with van der Waals surface area (Å²) in [5.41, 5.74) is 0.407. The van der Waals surface area contributed by atoms with Crippen LogP contribution in [0.4, 0.5) is 5.69 Å². The summed E-state index contributed by atoms with van der Waals surface area (Å²) in [5.74, 6) is -0.347. The van der Waals surface area contributed by atoms with E-state index < -0.39 is 29.1 Å². The second kappa shape index (κ2) is 9.47. The molecule has 1 amide bonds. The van der Waals surface area contributed by atoms with Crippen LogP contribution in [0.3, 0.4) is 0 Å². The van der Waals surface area contributed by atoms with E-state index in [4.69, 9.17) is 4.74 Å². The van der Waals surface area contributed by atoms with E-state index in [9.17, 15) is 29.6 Å². The summed E-state index contributed by atoms with van der Waals surface area (Å²) >= 11 is 1.47. The Balaban J connectivity index is 1.86. The van der Waals surface area contributed by atoms with Gasteiger partial charge in [0, 0.05) is 25.0 Å². The Hall–Kier alpha value is -2.46. The molecule has 1 N–H and O–H groups in total. The molecule has 1 saturated heterocycles. The number of thioether (sulfide) groups is 1. The van der Waals surface area contributed by atoms with Crippen LogP contribution in [0.25, 0.3) is 0 Å². The summed E-state index contributed by atoms with van der Waals surface area (Å²) in [6, 6.07) is 4.89. The van der Waals surface area contributed by atoms with Crippen molar-refractivity contribution in [1.29, 1.82) is 0 Å². The van der Waals surface area contributed by atoms with Crippen LogP contribution in [0.5, 0.6) is 0 Å². The number of amides is 1. The highest BCUT2D eigenvalue weighted by Crippen LogP contribution is 2.26. The standard InChI is InChI=1S/C17H20N2O7S/c1-2-27-10-14(20)7-13-8-15(21)18(13)16(22)17(23)26-9-11-3-5-12(6-4-11)19(24)25/h3-6,13,16,22H,2,7-10H2,1H3. The van der Waals surface area contributed by atoms with Crippen LogP contribution in [-0.4, -0.2) is 56.4 Å². The van der Waals surface area contributed by atoms with Crippen molar-refractivity contribution in [2.45, 2.75) is 38.6 Å². The number of hydrogen-bond donors (Lipinski definition) is 1. The van der Waals surface area contributed by atoms with Gasteiger partial charge in [0.05, 0.1) is 16.7 Å². The summed E-state index contributed by atoms with van der Waals surface area (Å²) < 4.78 is 4.97. The molecule has 0 spiro atoms. The zero-order valence-electron chi connectivity index (χ0n) is 14.7. The number of ketones is 1. The van der Waals surface area contributed by atoms with Crippen LogP contribution in [0.1, 0.15) is 25.3 Å². The first-order valence-electron chi connectivity index (χ1n) is 8.32. The average Bonchev–Trinajstić information content (AvgIpc) is 2.64. The molecule has 1 aliphatic rings. The predicted octanol–water partition coefficient (Wildman–Crippen LogP) is 1.27. The number of Topliss-reactive ketones (excluding diaryl/α,β-unsaturated/α-hetero) is 1. The normalized spacial score (nSPS) is 17.2.